The Hall–Kier alpha value is -2.49. The van der Waals surface area contributed by atoms with Crippen LogP contribution < -0.4 is 0 Å². The number of hydrogen-bond donors (Lipinski definition) is 0. The molecule has 3 rings (SSSR count). The van der Waals surface area contributed by atoms with E-state index >= 15 is 0 Å². The van der Waals surface area contributed by atoms with Crippen LogP contribution >= 0.6 is 0 Å². The topological polar surface area (TPSA) is 43.4 Å². The number of hydrogen-bond acceptors (Lipinski definition) is 3. The van der Waals surface area contributed by atoms with E-state index in [1.54, 1.807) is 30.3 Å². The van der Waals surface area contributed by atoms with Crippen molar-refractivity contribution in [2.45, 2.75) is 12.8 Å². The van der Waals surface area contributed by atoms with Crippen LogP contribution in [0.15, 0.2) is 36.4 Å². The Labute approximate surface area is 121 Å². The van der Waals surface area contributed by atoms with Crippen LogP contribution in [0.2, 0.25) is 0 Å². The Balaban J connectivity index is 2.11. The van der Waals surface area contributed by atoms with E-state index in [1.807, 2.05) is 0 Å². The fourth-order valence-electron chi connectivity index (χ4n) is 2.70. The highest BCUT2D eigenvalue weighted by molar-refractivity contribution is 6.11. The molecule has 0 bridgehead atoms. The van der Waals surface area contributed by atoms with Gasteiger partial charge in [-0.3, -0.25) is 4.79 Å². The van der Waals surface area contributed by atoms with E-state index < -0.39 is 5.97 Å². The molecule has 0 heterocycles. The van der Waals surface area contributed by atoms with E-state index in [4.69, 9.17) is 0 Å². The van der Waals surface area contributed by atoms with Crippen molar-refractivity contribution < 1.29 is 18.7 Å². The molecule has 1 aliphatic rings. The van der Waals surface area contributed by atoms with Gasteiger partial charge in [0.1, 0.15) is 5.82 Å². The van der Waals surface area contributed by atoms with E-state index in [-0.39, 0.29) is 11.6 Å². The van der Waals surface area contributed by atoms with Crippen molar-refractivity contribution in [1.29, 1.82) is 0 Å². The number of aryl methyl sites for hydroxylation is 1. The summed E-state index contributed by atoms with van der Waals surface area (Å²) >= 11 is 0. The van der Waals surface area contributed by atoms with Crippen molar-refractivity contribution in [3.8, 4) is 0 Å². The number of methoxy groups -OCH3 is 1. The molecule has 0 saturated heterocycles. The molecule has 0 aromatic heterocycles. The fourth-order valence-corrected chi connectivity index (χ4v) is 2.70. The lowest BCUT2D eigenvalue weighted by Crippen LogP contribution is -2.07. The molecule has 106 valence electrons. The predicted molar refractivity (Wildman–Crippen MR) is 75.0 cm³/mol. The monoisotopic (exact) mass is 284 g/mol. The summed E-state index contributed by atoms with van der Waals surface area (Å²) in [6, 6.07) is 9.38. The summed E-state index contributed by atoms with van der Waals surface area (Å²) in [7, 11) is 1.31. The highest BCUT2D eigenvalue weighted by atomic mass is 19.1. The number of fused-ring (bicyclic) bond motifs is 2. The van der Waals surface area contributed by atoms with Gasteiger partial charge in [0.2, 0.25) is 0 Å². The average molecular weight is 284 g/mol. The third kappa shape index (κ3) is 2.23. The largest absolute Gasteiger partial charge is 0.465 e. The van der Waals surface area contributed by atoms with Crippen LogP contribution in [0, 0.1) is 5.82 Å². The molecule has 21 heavy (non-hydrogen) atoms. The van der Waals surface area contributed by atoms with Gasteiger partial charge in [0, 0.05) is 11.1 Å². The summed E-state index contributed by atoms with van der Waals surface area (Å²) in [6.07, 6.45) is 0.950. The van der Waals surface area contributed by atoms with Gasteiger partial charge in [-0.05, 0) is 48.2 Å². The molecular formula is C17H13FO3. The van der Waals surface area contributed by atoms with Crippen molar-refractivity contribution in [3.05, 3.63) is 70.0 Å². The molecular weight excluding hydrogens is 271 g/mol. The Morgan fingerprint density at radius 2 is 1.95 bits per heavy atom. The van der Waals surface area contributed by atoms with Crippen molar-refractivity contribution in [3.63, 3.8) is 0 Å². The van der Waals surface area contributed by atoms with Gasteiger partial charge in [-0.15, -0.1) is 0 Å². The minimum absolute atomic E-state index is 0.201. The second kappa shape index (κ2) is 5.13. The van der Waals surface area contributed by atoms with Crippen LogP contribution in [0.1, 0.15) is 37.4 Å². The summed E-state index contributed by atoms with van der Waals surface area (Å²) in [5, 5.41) is 0. The predicted octanol–water partition coefficient (Wildman–Crippen LogP) is 2.94. The van der Waals surface area contributed by atoms with Crippen LogP contribution in [0.5, 0.6) is 0 Å². The van der Waals surface area contributed by atoms with Crippen LogP contribution in [0.3, 0.4) is 0 Å². The molecule has 0 radical (unpaired) electrons. The lowest BCUT2D eigenvalue weighted by atomic mass is 9.97. The first-order valence-corrected chi connectivity index (χ1v) is 6.65. The van der Waals surface area contributed by atoms with Gasteiger partial charge in [0.25, 0.3) is 0 Å². The Bertz CT molecular complexity index is 750. The van der Waals surface area contributed by atoms with Crippen molar-refractivity contribution in [2.24, 2.45) is 0 Å². The first kappa shape index (κ1) is 13.5. The number of benzene rings is 2. The molecule has 2 aromatic carbocycles. The maximum atomic E-state index is 13.9. The maximum Gasteiger partial charge on any atom is 0.337 e. The summed E-state index contributed by atoms with van der Waals surface area (Å²) < 4.78 is 18.6. The van der Waals surface area contributed by atoms with E-state index in [2.05, 4.69) is 4.74 Å². The van der Waals surface area contributed by atoms with Gasteiger partial charge in [-0.25, -0.2) is 9.18 Å². The molecule has 0 N–H and O–H groups in total. The second-order valence-corrected chi connectivity index (χ2v) is 4.96. The zero-order chi connectivity index (χ0) is 15.0. The molecule has 2 aromatic rings. The van der Waals surface area contributed by atoms with E-state index in [0.717, 1.165) is 5.56 Å². The van der Waals surface area contributed by atoms with Crippen LogP contribution in [-0.4, -0.2) is 18.9 Å². The lowest BCUT2D eigenvalue weighted by Gasteiger charge is -2.07. The Morgan fingerprint density at radius 3 is 2.71 bits per heavy atom. The summed E-state index contributed by atoms with van der Waals surface area (Å²) in [5.74, 6) is -1.01. The van der Waals surface area contributed by atoms with Crippen molar-refractivity contribution >= 4 is 11.8 Å². The summed E-state index contributed by atoms with van der Waals surface area (Å²) in [4.78, 5) is 24.1. The van der Waals surface area contributed by atoms with Crippen LogP contribution in [0.4, 0.5) is 4.39 Å². The number of rotatable bonds is 1. The maximum absolute atomic E-state index is 13.9. The van der Waals surface area contributed by atoms with E-state index in [1.165, 1.54) is 13.2 Å². The first-order chi connectivity index (χ1) is 10.1. The first-order valence-electron chi connectivity index (χ1n) is 6.65. The number of ether oxygens (including phenoxy) is 1. The zero-order valence-corrected chi connectivity index (χ0v) is 11.5. The van der Waals surface area contributed by atoms with Gasteiger partial charge in [-0.2, -0.15) is 0 Å². The molecule has 0 saturated carbocycles. The summed E-state index contributed by atoms with van der Waals surface area (Å²) in [6.45, 7) is 0. The number of carbonyl (C=O) groups excluding carboxylic acids is 2. The third-order valence-corrected chi connectivity index (χ3v) is 3.78. The molecule has 0 spiro atoms. The molecule has 3 nitrogen and oxygen atoms in total. The van der Waals surface area contributed by atoms with Gasteiger partial charge in [0.05, 0.1) is 12.7 Å². The normalized spacial score (nSPS) is 13.1. The fraction of sp³-hybridized carbons (Fsp3) is 0.176. The minimum atomic E-state index is -0.446. The summed E-state index contributed by atoms with van der Waals surface area (Å²) in [5.41, 5.74) is 2.51. The highest BCUT2D eigenvalue weighted by Gasteiger charge is 2.24. The molecule has 0 atom stereocenters. The van der Waals surface area contributed by atoms with Gasteiger partial charge in [0.15, 0.2) is 5.78 Å². The average Bonchev–Trinajstić information content (AvgIpc) is 2.65. The standard InChI is InChI=1S/C17H13FO3/c1-21-17(20)11-6-7-12-10(9-11)5-8-13-14(16(12)19)3-2-4-15(13)18/h2-4,6-7,9H,5,8H2,1H3. The Morgan fingerprint density at radius 1 is 1.14 bits per heavy atom. The quantitative estimate of drug-likeness (QED) is 0.756. The smallest absolute Gasteiger partial charge is 0.337 e. The number of carbonyl (C=O) groups is 2. The molecule has 0 aliphatic heterocycles. The highest BCUT2D eigenvalue weighted by Crippen LogP contribution is 2.27. The third-order valence-electron chi connectivity index (χ3n) is 3.78. The SMILES string of the molecule is COC(=O)c1ccc2c(c1)CCc1c(F)cccc1C2=O. The van der Waals surface area contributed by atoms with Gasteiger partial charge in [-0.1, -0.05) is 12.1 Å². The molecule has 1 aliphatic carbocycles. The number of ketones is 1. The minimum Gasteiger partial charge on any atom is -0.465 e. The zero-order valence-electron chi connectivity index (χ0n) is 11.5. The number of halogens is 1. The number of esters is 1. The van der Waals surface area contributed by atoms with Crippen LogP contribution in [0.25, 0.3) is 0 Å². The van der Waals surface area contributed by atoms with Gasteiger partial charge < -0.3 is 4.74 Å². The van der Waals surface area contributed by atoms with E-state index in [9.17, 15) is 14.0 Å². The second-order valence-electron chi connectivity index (χ2n) is 4.96. The van der Waals surface area contributed by atoms with E-state index in [0.29, 0.717) is 35.1 Å². The lowest BCUT2D eigenvalue weighted by molar-refractivity contribution is 0.0600. The molecule has 0 unspecified atom stereocenters. The molecule has 0 fully saturated rings. The van der Waals surface area contributed by atoms with Crippen LogP contribution in [-0.2, 0) is 17.6 Å². The van der Waals surface area contributed by atoms with Crippen molar-refractivity contribution in [2.75, 3.05) is 7.11 Å². The van der Waals surface area contributed by atoms with Gasteiger partial charge >= 0.3 is 5.97 Å². The molecule has 0 amide bonds. The van der Waals surface area contributed by atoms with Crippen molar-refractivity contribution in [1.82, 2.24) is 0 Å². The molecule has 4 heteroatoms. The Kier molecular flexibility index (Phi) is 3.29.